The number of anilines is 2. The Hall–Kier alpha value is -3.47. The first-order chi connectivity index (χ1) is 22.5. The van der Waals surface area contributed by atoms with E-state index in [-0.39, 0.29) is 0 Å². The first-order valence-electron chi connectivity index (χ1n) is 15.3. The molecule has 0 amide bonds. The topological polar surface area (TPSA) is 91.5 Å². The zero-order valence-corrected chi connectivity index (χ0v) is 27.9. The molecule has 0 unspecified atom stereocenters. The second-order valence-electron chi connectivity index (χ2n) is 11.4. The number of pyridine rings is 1. The molecule has 2 aliphatic rings. The average molecular weight is 672 g/mol. The summed E-state index contributed by atoms with van der Waals surface area (Å²) in [6, 6.07) is 16.8. The minimum Gasteiger partial charge on any atom is -0.379 e. The van der Waals surface area contributed by atoms with Crippen LogP contribution in [0.4, 0.5) is 11.4 Å². The second kappa shape index (κ2) is 14.1. The van der Waals surface area contributed by atoms with E-state index in [9.17, 15) is 5.26 Å². The maximum Gasteiger partial charge on any atom is 0.172 e. The highest BCUT2D eigenvalue weighted by atomic mass is 35.5. The van der Waals surface area contributed by atoms with Crippen molar-refractivity contribution in [3.05, 3.63) is 82.1 Å². The van der Waals surface area contributed by atoms with E-state index in [0.29, 0.717) is 16.3 Å². The Labute approximate surface area is 281 Å². The second-order valence-corrected chi connectivity index (χ2v) is 14.0. The molecule has 2 fully saturated rings. The molecule has 0 aliphatic carbocycles. The lowest BCUT2D eigenvalue weighted by Gasteiger charge is -2.28. The third-order valence-corrected chi connectivity index (χ3v) is 11.1. The molecule has 9 nitrogen and oxygen atoms in total. The van der Waals surface area contributed by atoms with Gasteiger partial charge in [0.25, 0.3) is 0 Å². The smallest absolute Gasteiger partial charge is 0.172 e. The van der Waals surface area contributed by atoms with Gasteiger partial charge in [-0.1, -0.05) is 35.5 Å². The zero-order chi connectivity index (χ0) is 31.5. The molecule has 2 saturated heterocycles. The van der Waals surface area contributed by atoms with Gasteiger partial charge in [0, 0.05) is 90.6 Å². The average Bonchev–Trinajstić information content (AvgIpc) is 3.68. The van der Waals surface area contributed by atoms with Crippen LogP contribution >= 0.6 is 34.7 Å². The Morgan fingerprint density at radius 1 is 0.978 bits per heavy atom. The Bertz CT molecular complexity index is 1850. The van der Waals surface area contributed by atoms with Crippen molar-refractivity contribution in [2.45, 2.75) is 23.1 Å². The van der Waals surface area contributed by atoms with Crippen LogP contribution in [0.3, 0.4) is 0 Å². The Morgan fingerprint density at radius 3 is 2.43 bits per heavy atom. The molecule has 12 heteroatoms. The highest BCUT2D eigenvalue weighted by molar-refractivity contribution is 7.99. The van der Waals surface area contributed by atoms with Crippen molar-refractivity contribution in [2.75, 3.05) is 57.9 Å². The van der Waals surface area contributed by atoms with Crippen LogP contribution < -0.4 is 5.32 Å². The van der Waals surface area contributed by atoms with Crippen molar-refractivity contribution in [1.82, 2.24) is 24.3 Å². The number of nitrogens with one attached hydrogen (secondary N) is 1. The standard InChI is InChI=1S/C34H34ClN7O2S2/c1-40-7-6-37-34(40)46-30-5-3-26(18-28(30)35)39-33-25(19-36)20-38-29-16-23(2-4-27(29)33)31-17-24(21-41-8-12-43-13-9-41)32(45-31)22-42-10-14-44-15-11-42/h2-7,16-18,20H,8-15,21-22H2,1H3,(H,38,39). The molecule has 0 radical (unpaired) electrons. The predicted molar refractivity (Wildman–Crippen MR) is 184 cm³/mol. The number of nitriles is 1. The quantitative estimate of drug-likeness (QED) is 0.182. The van der Waals surface area contributed by atoms with Crippen LogP contribution in [0.2, 0.25) is 5.02 Å². The molecular formula is C34H34ClN7O2S2. The van der Waals surface area contributed by atoms with Crippen LogP contribution in [0.25, 0.3) is 21.3 Å². The van der Waals surface area contributed by atoms with E-state index in [0.717, 1.165) is 97.9 Å². The summed E-state index contributed by atoms with van der Waals surface area (Å²) in [6.07, 6.45) is 5.31. The Balaban J connectivity index is 1.17. The van der Waals surface area contributed by atoms with Gasteiger partial charge in [0.2, 0.25) is 0 Å². The summed E-state index contributed by atoms with van der Waals surface area (Å²) in [7, 11) is 1.95. The van der Waals surface area contributed by atoms with Crippen molar-refractivity contribution in [2.24, 2.45) is 7.05 Å². The van der Waals surface area contributed by atoms with Crippen molar-refractivity contribution in [1.29, 1.82) is 5.26 Å². The normalized spacial score (nSPS) is 16.1. The molecule has 0 atom stereocenters. The lowest BCUT2D eigenvalue weighted by atomic mass is 10.1. The summed E-state index contributed by atoms with van der Waals surface area (Å²) in [5.74, 6) is 0. The lowest BCUT2D eigenvalue weighted by molar-refractivity contribution is 0.0313. The van der Waals surface area contributed by atoms with Crippen LogP contribution in [-0.2, 0) is 29.6 Å². The molecular weight excluding hydrogens is 638 g/mol. The third-order valence-electron chi connectivity index (χ3n) is 8.32. The van der Waals surface area contributed by atoms with E-state index >= 15 is 0 Å². The number of rotatable bonds is 9. The highest BCUT2D eigenvalue weighted by Gasteiger charge is 2.20. The minimum atomic E-state index is 0.472. The molecule has 2 aliphatic heterocycles. The Kier molecular flexibility index (Phi) is 9.55. The zero-order valence-electron chi connectivity index (χ0n) is 25.5. The fraction of sp³-hybridized carbons (Fsp3) is 0.324. The van der Waals surface area contributed by atoms with Gasteiger partial charge in [-0.15, -0.1) is 11.3 Å². The molecule has 1 N–H and O–H groups in total. The molecule has 0 spiro atoms. The number of imidazole rings is 1. The summed E-state index contributed by atoms with van der Waals surface area (Å²) in [6.45, 7) is 8.82. The summed E-state index contributed by atoms with van der Waals surface area (Å²) in [5, 5.41) is 15.8. The highest BCUT2D eigenvalue weighted by Crippen LogP contribution is 2.38. The molecule has 5 heterocycles. The molecule has 46 heavy (non-hydrogen) atoms. The number of fused-ring (bicyclic) bond motifs is 1. The Morgan fingerprint density at radius 2 is 1.74 bits per heavy atom. The van der Waals surface area contributed by atoms with E-state index < -0.39 is 0 Å². The molecule has 2 aromatic carbocycles. The lowest BCUT2D eigenvalue weighted by Crippen LogP contribution is -2.37. The maximum absolute atomic E-state index is 9.97. The van der Waals surface area contributed by atoms with Crippen LogP contribution in [0.1, 0.15) is 16.0 Å². The van der Waals surface area contributed by atoms with Gasteiger partial charge in [0.15, 0.2) is 5.16 Å². The van der Waals surface area contributed by atoms with Crippen molar-refractivity contribution < 1.29 is 9.47 Å². The number of benzene rings is 2. The molecule has 0 saturated carbocycles. The van der Waals surface area contributed by atoms with Crippen LogP contribution in [0.5, 0.6) is 0 Å². The summed E-state index contributed by atoms with van der Waals surface area (Å²) < 4.78 is 13.2. The van der Waals surface area contributed by atoms with Crippen molar-refractivity contribution in [3.8, 4) is 16.5 Å². The summed E-state index contributed by atoms with van der Waals surface area (Å²) in [5.41, 5.74) is 5.30. The van der Waals surface area contributed by atoms with E-state index in [1.807, 2.05) is 47.3 Å². The summed E-state index contributed by atoms with van der Waals surface area (Å²) in [4.78, 5) is 17.6. The fourth-order valence-electron chi connectivity index (χ4n) is 5.76. The number of hydrogen-bond acceptors (Lipinski definition) is 10. The number of ether oxygens (including phenoxy) is 2. The number of aromatic nitrogens is 3. The van der Waals surface area contributed by atoms with Gasteiger partial charge >= 0.3 is 0 Å². The minimum absolute atomic E-state index is 0.472. The van der Waals surface area contributed by atoms with E-state index in [1.165, 1.54) is 27.1 Å². The number of aryl methyl sites for hydroxylation is 1. The van der Waals surface area contributed by atoms with Crippen molar-refractivity contribution in [3.63, 3.8) is 0 Å². The monoisotopic (exact) mass is 671 g/mol. The van der Waals surface area contributed by atoms with Gasteiger partial charge < -0.3 is 19.4 Å². The molecule has 5 aromatic rings. The predicted octanol–water partition coefficient (Wildman–Crippen LogP) is 6.78. The van der Waals surface area contributed by atoms with Gasteiger partial charge in [0.1, 0.15) is 6.07 Å². The van der Waals surface area contributed by atoms with E-state index in [4.69, 9.17) is 26.1 Å². The van der Waals surface area contributed by atoms with Gasteiger partial charge in [-0.05, 0) is 41.5 Å². The fourth-order valence-corrected chi connectivity index (χ4v) is 8.08. The maximum atomic E-state index is 9.97. The first-order valence-corrected chi connectivity index (χ1v) is 17.3. The van der Waals surface area contributed by atoms with E-state index in [2.05, 4.69) is 50.4 Å². The van der Waals surface area contributed by atoms with Gasteiger partial charge in [-0.25, -0.2) is 4.98 Å². The first kappa shape index (κ1) is 31.1. The largest absolute Gasteiger partial charge is 0.379 e. The van der Waals surface area contributed by atoms with Crippen LogP contribution in [0.15, 0.2) is 71.1 Å². The van der Waals surface area contributed by atoms with Gasteiger partial charge in [0.05, 0.1) is 48.2 Å². The van der Waals surface area contributed by atoms with Crippen LogP contribution in [-0.4, -0.2) is 76.9 Å². The number of halogens is 1. The molecule has 236 valence electrons. The van der Waals surface area contributed by atoms with Gasteiger partial charge in [-0.3, -0.25) is 14.8 Å². The number of nitrogens with zero attached hydrogens (tertiary/aromatic N) is 6. The number of hydrogen-bond donors (Lipinski definition) is 1. The molecule has 7 rings (SSSR count). The molecule has 3 aromatic heterocycles. The third kappa shape index (κ3) is 6.94. The number of morpholine rings is 2. The van der Waals surface area contributed by atoms with Crippen molar-refractivity contribution >= 4 is 57.0 Å². The van der Waals surface area contributed by atoms with Crippen LogP contribution in [0, 0.1) is 11.3 Å². The van der Waals surface area contributed by atoms with E-state index in [1.54, 1.807) is 12.4 Å². The summed E-state index contributed by atoms with van der Waals surface area (Å²) >= 11 is 10.1. The SMILES string of the molecule is Cn1ccnc1Sc1ccc(Nc2c(C#N)cnc3cc(-c4cc(CN5CCOCC5)c(CN5CCOCC5)s4)ccc23)cc1Cl. The number of thiophene rings is 1. The van der Waals surface area contributed by atoms with Gasteiger partial charge in [-0.2, -0.15) is 5.26 Å². The molecule has 0 bridgehead atoms.